The molecule has 0 radical (unpaired) electrons. The minimum absolute atomic E-state index is 0.136. The number of nitrogens with zero attached hydrogens (tertiary/aromatic N) is 4. The van der Waals surface area contributed by atoms with E-state index >= 15 is 0 Å². The molecule has 6 nitrogen and oxygen atoms in total. The Morgan fingerprint density at radius 3 is 2.96 bits per heavy atom. The van der Waals surface area contributed by atoms with Crippen LogP contribution in [0.3, 0.4) is 0 Å². The molecule has 2 aliphatic carbocycles. The normalized spacial score (nSPS) is 26.3. The van der Waals surface area contributed by atoms with Crippen LogP contribution in [0, 0.1) is 11.8 Å². The van der Waals surface area contributed by atoms with Crippen molar-refractivity contribution in [2.75, 3.05) is 0 Å². The van der Waals surface area contributed by atoms with Crippen molar-refractivity contribution in [1.29, 1.82) is 0 Å². The van der Waals surface area contributed by atoms with E-state index in [1.807, 2.05) is 18.2 Å². The van der Waals surface area contributed by atoms with Gasteiger partial charge in [0.05, 0.1) is 0 Å². The largest absolute Gasteiger partial charge is 0.480 e. The Bertz CT molecular complexity index is 713. The summed E-state index contributed by atoms with van der Waals surface area (Å²) in [5.41, 5.74) is 0.693. The van der Waals surface area contributed by atoms with E-state index in [0.717, 1.165) is 18.2 Å². The minimum Gasteiger partial charge on any atom is -0.480 e. The number of hydrogen-bond acceptors (Lipinski definition) is 4. The summed E-state index contributed by atoms with van der Waals surface area (Å²) in [6.07, 6.45) is 7.85. The van der Waals surface area contributed by atoms with Crippen LogP contribution in [-0.2, 0) is 11.3 Å². The summed E-state index contributed by atoms with van der Waals surface area (Å²) in [5.74, 6) is 2.25. The van der Waals surface area contributed by atoms with Gasteiger partial charge < -0.3 is 5.11 Å². The maximum atomic E-state index is 11.2. The lowest BCUT2D eigenvalue weighted by atomic mass is 9.91. The molecule has 0 bridgehead atoms. The molecule has 0 unspecified atom stereocenters. The van der Waals surface area contributed by atoms with Gasteiger partial charge in [-0.15, -0.1) is 5.10 Å². The molecule has 23 heavy (non-hydrogen) atoms. The van der Waals surface area contributed by atoms with Crippen LogP contribution in [0.25, 0.3) is 11.5 Å². The molecule has 4 rings (SSSR count). The van der Waals surface area contributed by atoms with E-state index < -0.39 is 5.97 Å². The Labute approximate surface area is 134 Å². The van der Waals surface area contributed by atoms with Gasteiger partial charge in [0.1, 0.15) is 18.1 Å². The van der Waals surface area contributed by atoms with Crippen LogP contribution in [0.1, 0.15) is 43.8 Å². The summed E-state index contributed by atoms with van der Waals surface area (Å²) in [7, 11) is 0. The topological polar surface area (TPSA) is 80.9 Å². The third kappa shape index (κ3) is 2.62. The molecule has 2 aromatic heterocycles. The van der Waals surface area contributed by atoms with Gasteiger partial charge in [0.2, 0.25) is 0 Å². The molecule has 6 heteroatoms. The molecule has 0 amide bonds. The molecular weight excluding hydrogens is 292 g/mol. The molecule has 2 aromatic rings. The molecule has 0 spiro atoms. The zero-order chi connectivity index (χ0) is 15.8. The fourth-order valence-corrected chi connectivity index (χ4v) is 4.36. The number of aliphatic carboxylic acids is 1. The van der Waals surface area contributed by atoms with Crippen LogP contribution in [0.2, 0.25) is 0 Å². The van der Waals surface area contributed by atoms with Crippen molar-refractivity contribution in [2.45, 2.75) is 44.6 Å². The third-order valence-corrected chi connectivity index (χ3v) is 5.29. The molecule has 2 saturated carbocycles. The van der Waals surface area contributed by atoms with Gasteiger partial charge in [-0.2, -0.15) is 0 Å². The lowest BCUT2D eigenvalue weighted by molar-refractivity contribution is -0.137. The van der Waals surface area contributed by atoms with E-state index in [0.29, 0.717) is 23.4 Å². The van der Waals surface area contributed by atoms with Crippen molar-refractivity contribution in [2.24, 2.45) is 11.8 Å². The first-order chi connectivity index (χ1) is 11.2. The number of fused-ring (bicyclic) bond motifs is 1. The van der Waals surface area contributed by atoms with E-state index in [1.54, 1.807) is 10.9 Å². The van der Waals surface area contributed by atoms with Crippen molar-refractivity contribution in [3.8, 4) is 11.5 Å². The highest BCUT2D eigenvalue weighted by atomic mass is 16.4. The number of pyridine rings is 1. The number of aromatic nitrogens is 4. The fourth-order valence-electron chi connectivity index (χ4n) is 4.36. The number of rotatable bonds is 4. The Morgan fingerprint density at radius 1 is 1.26 bits per heavy atom. The predicted molar refractivity (Wildman–Crippen MR) is 83.7 cm³/mol. The van der Waals surface area contributed by atoms with Gasteiger partial charge in [0.15, 0.2) is 5.82 Å². The molecule has 3 atom stereocenters. The first kappa shape index (κ1) is 14.4. The minimum atomic E-state index is -0.885. The van der Waals surface area contributed by atoms with Crippen LogP contribution in [0.15, 0.2) is 24.4 Å². The lowest BCUT2D eigenvalue weighted by Crippen LogP contribution is -2.18. The van der Waals surface area contributed by atoms with Gasteiger partial charge in [0, 0.05) is 12.1 Å². The van der Waals surface area contributed by atoms with E-state index in [1.165, 1.54) is 25.7 Å². The summed E-state index contributed by atoms with van der Waals surface area (Å²) >= 11 is 0. The van der Waals surface area contributed by atoms with Gasteiger partial charge in [0.25, 0.3) is 0 Å². The number of carbonyl (C=O) groups is 1. The van der Waals surface area contributed by atoms with Gasteiger partial charge in [-0.1, -0.05) is 18.9 Å². The Balaban J connectivity index is 1.72. The quantitative estimate of drug-likeness (QED) is 0.938. The molecular formula is C17H20N4O2. The molecule has 0 saturated heterocycles. The van der Waals surface area contributed by atoms with Crippen molar-refractivity contribution < 1.29 is 9.90 Å². The van der Waals surface area contributed by atoms with E-state index in [2.05, 4.69) is 10.1 Å². The molecule has 120 valence electrons. The maximum absolute atomic E-state index is 11.2. The lowest BCUT2D eigenvalue weighted by Gasteiger charge is -2.17. The summed E-state index contributed by atoms with van der Waals surface area (Å²) in [6.45, 7) is -0.136. The Morgan fingerprint density at radius 2 is 2.17 bits per heavy atom. The SMILES string of the molecule is O=C(O)Cn1nc(-c2ccccn2)nc1[C@H]1CC[C@@H]2CCC[C@@H]21. The van der Waals surface area contributed by atoms with Crippen LogP contribution in [0.4, 0.5) is 0 Å². The second-order valence-electron chi connectivity index (χ2n) is 6.60. The molecule has 0 aromatic carbocycles. The summed E-state index contributed by atoms with van der Waals surface area (Å²) in [6, 6.07) is 5.60. The number of carboxylic acid groups (broad SMARTS) is 1. The van der Waals surface area contributed by atoms with Crippen molar-refractivity contribution in [1.82, 2.24) is 19.7 Å². The zero-order valence-electron chi connectivity index (χ0n) is 12.9. The van der Waals surface area contributed by atoms with Gasteiger partial charge in [-0.3, -0.25) is 9.78 Å². The van der Waals surface area contributed by atoms with Crippen LogP contribution in [-0.4, -0.2) is 30.8 Å². The standard InChI is InChI=1S/C17H20N4O2/c22-15(23)10-21-17(13-8-7-11-4-3-5-12(11)13)19-16(20-21)14-6-1-2-9-18-14/h1-2,6,9,11-13H,3-5,7-8,10H2,(H,22,23)/t11-,12-,13-/m0/s1. The smallest absolute Gasteiger partial charge is 0.325 e. The van der Waals surface area contributed by atoms with Crippen molar-refractivity contribution in [3.05, 3.63) is 30.2 Å². The highest BCUT2D eigenvalue weighted by molar-refractivity contribution is 5.66. The van der Waals surface area contributed by atoms with E-state index in [9.17, 15) is 9.90 Å². The van der Waals surface area contributed by atoms with Gasteiger partial charge in [-0.05, 0) is 43.2 Å². The average molecular weight is 312 g/mol. The average Bonchev–Trinajstić information content (AvgIpc) is 3.22. The second-order valence-corrected chi connectivity index (χ2v) is 6.60. The Kier molecular flexibility index (Phi) is 3.59. The number of carboxylic acids is 1. The highest BCUT2D eigenvalue weighted by Gasteiger charge is 2.42. The third-order valence-electron chi connectivity index (χ3n) is 5.29. The highest BCUT2D eigenvalue weighted by Crippen LogP contribution is 2.51. The van der Waals surface area contributed by atoms with Crippen molar-refractivity contribution in [3.63, 3.8) is 0 Å². The molecule has 1 N–H and O–H groups in total. The number of hydrogen-bond donors (Lipinski definition) is 1. The molecule has 2 fully saturated rings. The van der Waals surface area contributed by atoms with E-state index in [-0.39, 0.29) is 6.54 Å². The molecule has 2 heterocycles. The maximum Gasteiger partial charge on any atom is 0.325 e. The van der Waals surface area contributed by atoms with Crippen LogP contribution < -0.4 is 0 Å². The van der Waals surface area contributed by atoms with Gasteiger partial charge in [-0.25, -0.2) is 9.67 Å². The first-order valence-electron chi connectivity index (χ1n) is 8.30. The predicted octanol–water partition coefficient (Wildman–Crippen LogP) is 2.72. The van der Waals surface area contributed by atoms with Crippen LogP contribution in [0.5, 0.6) is 0 Å². The molecule has 2 aliphatic rings. The Hall–Kier alpha value is -2.24. The fraction of sp³-hybridized carbons (Fsp3) is 0.529. The summed E-state index contributed by atoms with van der Waals surface area (Å²) < 4.78 is 1.58. The second kappa shape index (κ2) is 5.76. The summed E-state index contributed by atoms with van der Waals surface area (Å²) in [5, 5.41) is 13.6. The first-order valence-corrected chi connectivity index (χ1v) is 8.30. The van der Waals surface area contributed by atoms with Crippen LogP contribution >= 0.6 is 0 Å². The van der Waals surface area contributed by atoms with Crippen molar-refractivity contribution >= 4 is 5.97 Å². The zero-order valence-corrected chi connectivity index (χ0v) is 12.9. The molecule has 0 aliphatic heterocycles. The summed E-state index contributed by atoms with van der Waals surface area (Å²) in [4.78, 5) is 20.2. The van der Waals surface area contributed by atoms with E-state index in [4.69, 9.17) is 4.98 Å². The van der Waals surface area contributed by atoms with Gasteiger partial charge >= 0.3 is 5.97 Å². The monoisotopic (exact) mass is 312 g/mol.